The van der Waals surface area contributed by atoms with E-state index in [-0.39, 0.29) is 5.92 Å². The molecule has 60 valence electrons. The summed E-state index contributed by atoms with van der Waals surface area (Å²) in [5, 5.41) is 8.22. The normalized spacial score (nSPS) is 21.2. The van der Waals surface area contributed by atoms with Crippen molar-refractivity contribution in [3.05, 3.63) is 0 Å². The predicted molar refractivity (Wildman–Crippen MR) is 40.8 cm³/mol. The van der Waals surface area contributed by atoms with Crippen LogP contribution in [0.15, 0.2) is 4.99 Å². The number of nitrogens with zero attached hydrogens (tertiary/aromatic N) is 2. The molecule has 1 fully saturated rings. The lowest BCUT2D eigenvalue weighted by Crippen LogP contribution is -2.29. The molecule has 0 aromatic carbocycles. The van der Waals surface area contributed by atoms with Crippen molar-refractivity contribution in [3.63, 3.8) is 0 Å². The average molecular weight is 153 g/mol. The van der Waals surface area contributed by atoms with Gasteiger partial charge in [0, 0.05) is 19.1 Å². The molecule has 0 spiro atoms. The quantitative estimate of drug-likeness (QED) is 0.333. The summed E-state index contributed by atoms with van der Waals surface area (Å²) in [4.78, 5) is 3.49. The van der Waals surface area contributed by atoms with Crippen LogP contribution in [0.2, 0.25) is 0 Å². The molecule has 0 radical (unpaired) electrons. The van der Waals surface area contributed by atoms with Gasteiger partial charge < -0.3 is 10.5 Å². The Morgan fingerprint density at radius 2 is 2.18 bits per heavy atom. The van der Waals surface area contributed by atoms with Crippen molar-refractivity contribution >= 4 is 5.84 Å². The molecular formula is C7H11N3O. The highest BCUT2D eigenvalue weighted by atomic mass is 16.5. The van der Waals surface area contributed by atoms with E-state index in [9.17, 15) is 0 Å². The minimum atomic E-state index is 0.253. The number of hydrogen-bond acceptors (Lipinski definition) is 3. The molecule has 0 bridgehead atoms. The van der Waals surface area contributed by atoms with E-state index in [2.05, 4.69) is 4.99 Å². The summed E-state index contributed by atoms with van der Waals surface area (Å²) in [5.41, 5.74) is 5.53. The van der Waals surface area contributed by atoms with E-state index < -0.39 is 0 Å². The molecule has 11 heavy (non-hydrogen) atoms. The second-order valence-electron chi connectivity index (χ2n) is 2.52. The maximum absolute atomic E-state index is 8.22. The van der Waals surface area contributed by atoms with Crippen molar-refractivity contribution < 1.29 is 4.74 Å². The van der Waals surface area contributed by atoms with Crippen molar-refractivity contribution in [2.24, 2.45) is 16.6 Å². The predicted octanol–water partition coefficient (Wildman–Crippen LogP) is 0.251. The van der Waals surface area contributed by atoms with Crippen LogP contribution in [0.3, 0.4) is 0 Å². The van der Waals surface area contributed by atoms with E-state index in [4.69, 9.17) is 15.7 Å². The van der Waals surface area contributed by atoms with Crippen LogP contribution in [-0.4, -0.2) is 19.0 Å². The van der Waals surface area contributed by atoms with Crippen molar-refractivity contribution in [3.8, 4) is 6.19 Å². The molecule has 0 saturated carbocycles. The summed E-state index contributed by atoms with van der Waals surface area (Å²) in [6.45, 7) is 1.46. The number of nitrogens with two attached hydrogens (primary N) is 1. The number of amidine groups is 1. The summed E-state index contributed by atoms with van der Waals surface area (Å²) in [6.07, 6.45) is 3.46. The lowest BCUT2D eigenvalue weighted by Gasteiger charge is -2.20. The molecule has 1 saturated heterocycles. The summed E-state index contributed by atoms with van der Waals surface area (Å²) in [6, 6.07) is 0. The Kier molecular flexibility index (Phi) is 2.87. The zero-order valence-electron chi connectivity index (χ0n) is 6.29. The SMILES string of the molecule is N#CN=C(N)C1CCOCC1. The van der Waals surface area contributed by atoms with Crippen molar-refractivity contribution in [1.29, 1.82) is 5.26 Å². The Bertz CT molecular complexity index is 188. The van der Waals surface area contributed by atoms with Gasteiger partial charge in [-0.3, -0.25) is 0 Å². The number of aliphatic imine (C=N–C) groups is 1. The van der Waals surface area contributed by atoms with Gasteiger partial charge in [-0.1, -0.05) is 0 Å². The molecule has 0 aromatic heterocycles. The Morgan fingerprint density at radius 3 is 2.73 bits per heavy atom. The van der Waals surface area contributed by atoms with Crippen LogP contribution in [-0.2, 0) is 4.74 Å². The first-order valence-electron chi connectivity index (χ1n) is 3.64. The van der Waals surface area contributed by atoms with E-state index in [1.807, 2.05) is 0 Å². The third kappa shape index (κ3) is 2.20. The van der Waals surface area contributed by atoms with Crippen LogP contribution >= 0.6 is 0 Å². The standard InChI is InChI=1S/C7H11N3O/c8-5-10-7(9)6-1-3-11-4-2-6/h6H,1-4H2,(H2,9,10). The third-order valence-corrected chi connectivity index (χ3v) is 1.82. The maximum atomic E-state index is 8.22. The van der Waals surface area contributed by atoms with Gasteiger partial charge in [0.25, 0.3) is 0 Å². The molecule has 0 atom stereocenters. The fourth-order valence-corrected chi connectivity index (χ4v) is 1.14. The van der Waals surface area contributed by atoms with Crippen LogP contribution in [0.1, 0.15) is 12.8 Å². The number of hydrogen-bond donors (Lipinski definition) is 1. The largest absolute Gasteiger partial charge is 0.386 e. The molecule has 0 unspecified atom stereocenters. The summed E-state index contributed by atoms with van der Waals surface area (Å²) >= 11 is 0. The first kappa shape index (κ1) is 8.02. The van der Waals surface area contributed by atoms with Gasteiger partial charge in [-0.2, -0.15) is 10.3 Å². The lowest BCUT2D eigenvalue weighted by atomic mass is 9.99. The average Bonchev–Trinajstić information content (AvgIpc) is 2.07. The minimum Gasteiger partial charge on any atom is -0.386 e. The van der Waals surface area contributed by atoms with E-state index in [1.165, 1.54) is 0 Å². The first-order valence-corrected chi connectivity index (χ1v) is 3.64. The maximum Gasteiger partial charge on any atom is 0.207 e. The highest BCUT2D eigenvalue weighted by Crippen LogP contribution is 2.14. The fraction of sp³-hybridized carbons (Fsp3) is 0.714. The number of rotatable bonds is 1. The highest BCUT2D eigenvalue weighted by Gasteiger charge is 2.16. The Morgan fingerprint density at radius 1 is 1.55 bits per heavy atom. The van der Waals surface area contributed by atoms with Crippen LogP contribution in [0, 0.1) is 17.4 Å². The van der Waals surface area contributed by atoms with Gasteiger partial charge in [-0.15, -0.1) is 0 Å². The molecule has 1 rings (SSSR count). The van der Waals surface area contributed by atoms with Gasteiger partial charge in [-0.05, 0) is 12.8 Å². The molecule has 4 heteroatoms. The van der Waals surface area contributed by atoms with Gasteiger partial charge >= 0.3 is 0 Å². The molecule has 0 amide bonds. The first-order chi connectivity index (χ1) is 5.34. The van der Waals surface area contributed by atoms with Gasteiger partial charge in [0.1, 0.15) is 5.84 Å². The molecule has 4 nitrogen and oxygen atoms in total. The van der Waals surface area contributed by atoms with Crippen LogP contribution in [0.25, 0.3) is 0 Å². The van der Waals surface area contributed by atoms with Crippen LogP contribution in [0.5, 0.6) is 0 Å². The van der Waals surface area contributed by atoms with Gasteiger partial charge in [0.15, 0.2) is 0 Å². The smallest absolute Gasteiger partial charge is 0.207 e. The Hall–Kier alpha value is -1.08. The molecular weight excluding hydrogens is 142 g/mol. The van der Waals surface area contributed by atoms with E-state index in [0.717, 1.165) is 26.1 Å². The minimum absolute atomic E-state index is 0.253. The molecule has 0 aliphatic carbocycles. The van der Waals surface area contributed by atoms with Gasteiger partial charge in [0.05, 0.1) is 0 Å². The molecule has 1 aliphatic rings. The van der Waals surface area contributed by atoms with Crippen LogP contribution in [0.4, 0.5) is 0 Å². The van der Waals surface area contributed by atoms with Gasteiger partial charge in [-0.25, -0.2) is 0 Å². The number of nitriles is 1. The van der Waals surface area contributed by atoms with E-state index in [0.29, 0.717) is 5.84 Å². The molecule has 0 aromatic rings. The van der Waals surface area contributed by atoms with E-state index >= 15 is 0 Å². The van der Waals surface area contributed by atoms with Gasteiger partial charge in [0.2, 0.25) is 6.19 Å². The van der Waals surface area contributed by atoms with Crippen molar-refractivity contribution in [2.75, 3.05) is 13.2 Å². The summed E-state index contributed by atoms with van der Waals surface area (Å²) < 4.78 is 5.13. The third-order valence-electron chi connectivity index (χ3n) is 1.82. The zero-order valence-corrected chi connectivity index (χ0v) is 6.29. The fourth-order valence-electron chi connectivity index (χ4n) is 1.14. The lowest BCUT2D eigenvalue weighted by molar-refractivity contribution is 0.0825. The second-order valence-corrected chi connectivity index (χ2v) is 2.52. The van der Waals surface area contributed by atoms with Crippen molar-refractivity contribution in [2.45, 2.75) is 12.8 Å². The van der Waals surface area contributed by atoms with E-state index in [1.54, 1.807) is 6.19 Å². The van der Waals surface area contributed by atoms with Crippen LogP contribution < -0.4 is 5.73 Å². The zero-order chi connectivity index (χ0) is 8.10. The Labute approximate surface area is 65.7 Å². The second kappa shape index (κ2) is 3.94. The summed E-state index contributed by atoms with van der Waals surface area (Å²) in [7, 11) is 0. The van der Waals surface area contributed by atoms with Crippen molar-refractivity contribution in [1.82, 2.24) is 0 Å². The molecule has 1 heterocycles. The molecule has 2 N–H and O–H groups in total. The monoisotopic (exact) mass is 153 g/mol. The number of ether oxygens (including phenoxy) is 1. The Balaban J connectivity index is 2.46. The highest BCUT2D eigenvalue weighted by molar-refractivity contribution is 5.83. The molecule has 1 aliphatic heterocycles. The summed E-state index contributed by atoms with van der Waals surface area (Å²) in [5.74, 6) is 0.708. The topological polar surface area (TPSA) is 71.4 Å².